The Kier molecular flexibility index (Phi) is 6.12. The fraction of sp³-hybridized carbons (Fsp3) is 0.308. The third-order valence-electron chi connectivity index (χ3n) is 5.56. The molecule has 4 heteroatoms. The molecule has 2 aromatic heterocycles. The smallest absolute Gasteiger partial charge is 0.129 e. The van der Waals surface area contributed by atoms with Crippen molar-refractivity contribution in [2.24, 2.45) is 10.9 Å². The number of para-hydroxylation sites is 1. The number of hydrogen-bond donors (Lipinski definition) is 0. The molecule has 0 saturated carbocycles. The number of rotatable bonds is 6. The van der Waals surface area contributed by atoms with Crippen molar-refractivity contribution in [1.82, 2.24) is 15.0 Å². The number of fused-ring (bicyclic) bond motifs is 2. The number of pyridine rings is 1. The van der Waals surface area contributed by atoms with Crippen LogP contribution < -0.4 is 0 Å². The minimum atomic E-state index is 0.354. The molecule has 0 saturated heterocycles. The van der Waals surface area contributed by atoms with Gasteiger partial charge in [-0.3, -0.25) is 9.98 Å². The zero-order valence-electron chi connectivity index (χ0n) is 18.0. The zero-order chi connectivity index (χ0) is 20.9. The SMILES string of the molecule is CCC1=C(N=C(CCc2ncc3ccccc3n2)C(C)C)c2cccnc2C=CC1. The van der Waals surface area contributed by atoms with E-state index in [-0.39, 0.29) is 0 Å². The topological polar surface area (TPSA) is 51.0 Å². The molecule has 0 unspecified atom stereocenters. The van der Waals surface area contributed by atoms with E-state index in [0.29, 0.717) is 5.92 Å². The zero-order valence-corrected chi connectivity index (χ0v) is 18.0. The van der Waals surface area contributed by atoms with Gasteiger partial charge in [-0.1, -0.05) is 45.0 Å². The molecule has 152 valence electrons. The summed E-state index contributed by atoms with van der Waals surface area (Å²) in [6.45, 7) is 6.63. The molecule has 4 nitrogen and oxygen atoms in total. The van der Waals surface area contributed by atoms with E-state index in [2.05, 4.69) is 49.0 Å². The Morgan fingerprint density at radius 2 is 1.97 bits per heavy atom. The summed E-state index contributed by atoms with van der Waals surface area (Å²) in [5, 5.41) is 1.08. The molecule has 1 aliphatic carbocycles. The first kappa shape index (κ1) is 20.1. The second-order valence-electron chi connectivity index (χ2n) is 7.95. The predicted molar refractivity (Wildman–Crippen MR) is 125 cm³/mol. The summed E-state index contributed by atoms with van der Waals surface area (Å²) in [6, 6.07) is 12.3. The molecular formula is C26H28N4. The molecule has 0 spiro atoms. The van der Waals surface area contributed by atoms with Crippen molar-refractivity contribution >= 4 is 28.4 Å². The molecule has 0 amide bonds. The number of allylic oxidation sites excluding steroid dienone is 2. The van der Waals surface area contributed by atoms with Gasteiger partial charge < -0.3 is 0 Å². The van der Waals surface area contributed by atoms with Gasteiger partial charge in [-0.05, 0) is 55.0 Å². The number of aliphatic imine (C=N–C) groups is 1. The first-order chi connectivity index (χ1) is 14.7. The van der Waals surface area contributed by atoms with E-state index in [1.807, 2.05) is 42.7 Å². The Hall–Kier alpha value is -3.14. The third kappa shape index (κ3) is 4.38. The quantitative estimate of drug-likeness (QED) is 0.460. The first-order valence-electron chi connectivity index (χ1n) is 10.8. The van der Waals surface area contributed by atoms with Gasteiger partial charge >= 0.3 is 0 Å². The monoisotopic (exact) mass is 396 g/mol. The van der Waals surface area contributed by atoms with E-state index in [4.69, 9.17) is 9.98 Å². The Balaban J connectivity index is 1.65. The van der Waals surface area contributed by atoms with E-state index < -0.39 is 0 Å². The Bertz CT molecular complexity index is 1140. The number of nitrogens with zero attached hydrogens (tertiary/aromatic N) is 4. The highest BCUT2D eigenvalue weighted by molar-refractivity contribution is 5.93. The lowest BCUT2D eigenvalue weighted by Gasteiger charge is -2.15. The van der Waals surface area contributed by atoms with Gasteiger partial charge in [0, 0.05) is 35.5 Å². The highest BCUT2D eigenvalue weighted by Gasteiger charge is 2.16. The van der Waals surface area contributed by atoms with Crippen LogP contribution in [0.2, 0.25) is 0 Å². The summed E-state index contributed by atoms with van der Waals surface area (Å²) in [5.41, 5.74) is 6.76. The summed E-state index contributed by atoms with van der Waals surface area (Å²) < 4.78 is 0. The molecule has 0 atom stereocenters. The summed E-state index contributed by atoms with van der Waals surface area (Å²) in [7, 11) is 0. The molecule has 0 N–H and O–H groups in total. The largest absolute Gasteiger partial charge is 0.257 e. The minimum Gasteiger partial charge on any atom is -0.257 e. The van der Waals surface area contributed by atoms with Crippen LogP contribution in [-0.2, 0) is 6.42 Å². The highest BCUT2D eigenvalue weighted by atomic mass is 14.9. The van der Waals surface area contributed by atoms with E-state index in [0.717, 1.165) is 59.4 Å². The fourth-order valence-corrected chi connectivity index (χ4v) is 3.79. The lowest BCUT2D eigenvalue weighted by Crippen LogP contribution is -2.11. The van der Waals surface area contributed by atoms with Gasteiger partial charge in [-0.25, -0.2) is 9.97 Å². The van der Waals surface area contributed by atoms with Crippen molar-refractivity contribution in [1.29, 1.82) is 0 Å². The Labute approximate surface area is 178 Å². The van der Waals surface area contributed by atoms with Gasteiger partial charge in [0.15, 0.2) is 0 Å². The average molecular weight is 397 g/mol. The van der Waals surface area contributed by atoms with Gasteiger partial charge in [0.2, 0.25) is 0 Å². The fourth-order valence-electron chi connectivity index (χ4n) is 3.79. The van der Waals surface area contributed by atoms with E-state index >= 15 is 0 Å². The number of aromatic nitrogens is 3. The van der Waals surface area contributed by atoms with Crippen molar-refractivity contribution in [3.63, 3.8) is 0 Å². The van der Waals surface area contributed by atoms with Crippen LogP contribution in [-0.4, -0.2) is 20.7 Å². The average Bonchev–Trinajstić information content (AvgIpc) is 2.95. The maximum absolute atomic E-state index is 5.23. The molecule has 4 rings (SSSR count). The molecule has 0 fully saturated rings. The van der Waals surface area contributed by atoms with Gasteiger partial charge in [-0.15, -0.1) is 0 Å². The van der Waals surface area contributed by atoms with Crippen molar-refractivity contribution in [2.75, 3.05) is 0 Å². The molecule has 0 bridgehead atoms. The lowest BCUT2D eigenvalue weighted by molar-refractivity contribution is 0.818. The summed E-state index contributed by atoms with van der Waals surface area (Å²) in [6.07, 6.45) is 11.6. The summed E-state index contributed by atoms with van der Waals surface area (Å²) in [5.74, 6) is 1.23. The Morgan fingerprint density at radius 1 is 1.10 bits per heavy atom. The van der Waals surface area contributed by atoms with Gasteiger partial charge in [0.05, 0.1) is 16.9 Å². The van der Waals surface area contributed by atoms with E-state index in [1.54, 1.807) is 0 Å². The maximum Gasteiger partial charge on any atom is 0.129 e. The van der Waals surface area contributed by atoms with E-state index in [9.17, 15) is 0 Å². The number of aryl methyl sites for hydroxylation is 1. The highest BCUT2D eigenvalue weighted by Crippen LogP contribution is 2.31. The molecule has 1 aromatic carbocycles. The van der Waals surface area contributed by atoms with Crippen molar-refractivity contribution in [2.45, 2.75) is 46.5 Å². The van der Waals surface area contributed by atoms with Gasteiger partial charge in [-0.2, -0.15) is 0 Å². The molecule has 1 aliphatic rings. The summed E-state index contributed by atoms with van der Waals surface area (Å²) in [4.78, 5) is 19.1. The van der Waals surface area contributed by atoms with Crippen LogP contribution in [0.25, 0.3) is 22.7 Å². The standard InChI is InChI=1S/C26H28N4/c1-4-19-10-7-13-24-21(11-8-16-27-24)26(19)30-22(18(2)3)14-15-25-28-17-20-9-5-6-12-23(20)29-25/h5-9,11-13,16-18H,4,10,14-15H2,1-3H3. The number of hydrogen-bond acceptors (Lipinski definition) is 4. The molecule has 3 aromatic rings. The third-order valence-corrected chi connectivity index (χ3v) is 5.56. The van der Waals surface area contributed by atoms with Crippen LogP contribution in [0.1, 0.15) is 57.1 Å². The molecule has 30 heavy (non-hydrogen) atoms. The normalized spacial score (nSPS) is 14.3. The summed E-state index contributed by atoms with van der Waals surface area (Å²) >= 11 is 0. The second-order valence-corrected chi connectivity index (χ2v) is 7.95. The molecule has 0 radical (unpaired) electrons. The molecule has 2 heterocycles. The first-order valence-corrected chi connectivity index (χ1v) is 10.8. The lowest BCUT2D eigenvalue weighted by atomic mass is 10.00. The predicted octanol–water partition coefficient (Wildman–Crippen LogP) is 6.29. The molecule has 0 aliphatic heterocycles. The van der Waals surface area contributed by atoms with Crippen LogP contribution in [0.5, 0.6) is 0 Å². The van der Waals surface area contributed by atoms with Crippen LogP contribution in [0.4, 0.5) is 0 Å². The molecular weight excluding hydrogens is 368 g/mol. The van der Waals surface area contributed by atoms with Crippen LogP contribution in [0.15, 0.2) is 65.4 Å². The van der Waals surface area contributed by atoms with Gasteiger partial charge in [0.25, 0.3) is 0 Å². The van der Waals surface area contributed by atoms with Crippen LogP contribution in [0.3, 0.4) is 0 Å². The maximum atomic E-state index is 5.23. The van der Waals surface area contributed by atoms with E-state index in [1.165, 1.54) is 11.3 Å². The van der Waals surface area contributed by atoms with Crippen molar-refractivity contribution < 1.29 is 0 Å². The minimum absolute atomic E-state index is 0.354. The van der Waals surface area contributed by atoms with Gasteiger partial charge in [0.1, 0.15) is 5.82 Å². The Morgan fingerprint density at radius 3 is 2.80 bits per heavy atom. The number of benzene rings is 1. The second kappa shape index (κ2) is 9.12. The van der Waals surface area contributed by atoms with Crippen LogP contribution >= 0.6 is 0 Å². The van der Waals surface area contributed by atoms with Crippen molar-refractivity contribution in [3.05, 3.63) is 77.5 Å². The van der Waals surface area contributed by atoms with Crippen LogP contribution in [0, 0.1) is 5.92 Å². The van der Waals surface area contributed by atoms with Crippen molar-refractivity contribution in [3.8, 4) is 0 Å².